The maximum atomic E-state index is 11.6. The highest BCUT2D eigenvalue weighted by molar-refractivity contribution is 8.00. The zero-order valence-corrected chi connectivity index (χ0v) is 12.9. The molecule has 0 aromatic heterocycles. The predicted octanol–water partition coefficient (Wildman–Crippen LogP) is 3.11. The first kappa shape index (κ1) is 16.3. The van der Waals surface area contributed by atoms with E-state index in [1.54, 1.807) is 6.07 Å². The number of sulfone groups is 1. The van der Waals surface area contributed by atoms with E-state index in [1.165, 1.54) is 23.9 Å². The quantitative estimate of drug-likeness (QED) is 0.348. The Labute approximate surface area is 121 Å². The van der Waals surface area contributed by atoms with E-state index in [9.17, 15) is 18.5 Å². The Kier molecular flexibility index (Phi) is 5.64. The number of hydrogen-bond acceptors (Lipinski definition) is 5. The van der Waals surface area contributed by atoms with Gasteiger partial charge in [0.15, 0.2) is 9.84 Å². The van der Waals surface area contributed by atoms with Crippen LogP contribution in [0.3, 0.4) is 0 Å². The minimum Gasteiger partial charge on any atom is -0.258 e. The van der Waals surface area contributed by atoms with Crippen LogP contribution in [0.5, 0.6) is 0 Å². The number of alkyl halides is 1. The van der Waals surface area contributed by atoms with Gasteiger partial charge in [-0.1, -0.05) is 13.0 Å². The number of thioether (sulfide) groups is 1. The molecule has 1 unspecified atom stereocenters. The van der Waals surface area contributed by atoms with Crippen LogP contribution < -0.4 is 0 Å². The van der Waals surface area contributed by atoms with Crippen molar-refractivity contribution in [1.29, 1.82) is 0 Å². The van der Waals surface area contributed by atoms with Crippen LogP contribution in [0, 0.1) is 10.1 Å². The summed E-state index contributed by atoms with van der Waals surface area (Å²) in [6, 6.07) is 4.32. The summed E-state index contributed by atoms with van der Waals surface area (Å²) in [6.07, 6.45) is 1.65. The average molecular weight is 324 g/mol. The monoisotopic (exact) mass is 323 g/mol. The molecule has 5 nitrogen and oxygen atoms in total. The molecule has 0 spiro atoms. The fourth-order valence-electron chi connectivity index (χ4n) is 1.51. The van der Waals surface area contributed by atoms with Crippen molar-refractivity contribution in [3.05, 3.63) is 28.3 Å². The number of hydrogen-bond donors (Lipinski definition) is 0. The molecule has 0 aliphatic heterocycles. The SMILES string of the molecule is CC(CCCl)Sc1cccc(S(C)(=O)=O)c1[N+](=O)[O-]. The summed E-state index contributed by atoms with van der Waals surface area (Å²) in [6.45, 7) is 1.89. The van der Waals surface area contributed by atoms with Crippen LogP contribution in [0.15, 0.2) is 28.0 Å². The Morgan fingerprint density at radius 2 is 2.11 bits per heavy atom. The highest BCUT2D eigenvalue weighted by atomic mass is 35.5. The third-order valence-corrected chi connectivity index (χ3v) is 4.96. The first-order valence-corrected chi connectivity index (χ1v) is 8.78. The predicted molar refractivity (Wildman–Crippen MR) is 76.9 cm³/mol. The van der Waals surface area contributed by atoms with E-state index in [0.717, 1.165) is 6.26 Å². The van der Waals surface area contributed by atoms with Crippen molar-refractivity contribution in [2.45, 2.75) is 28.4 Å². The Morgan fingerprint density at radius 3 is 2.58 bits per heavy atom. The fourth-order valence-corrected chi connectivity index (χ4v) is 4.01. The molecule has 0 N–H and O–H groups in total. The molecule has 0 saturated heterocycles. The van der Waals surface area contributed by atoms with Gasteiger partial charge in [-0.15, -0.1) is 23.4 Å². The van der Waals surface area contributed by atoms with Crippen molar-refractivity contribution >= 4 is 38.9 Å². The summed E-state index contributed by atoms with van der Waals surface area (Å²) in [5.74, 6) is 0.452. The largest absolute Gasteiger partial charge is 0.301 e. The third kappa shape index (κ3) is 4.36. The molecule has 1 aromatic carbocycles. The molecular weight excluding hydrogens is 310 g/mol. The van der Waals surface area contributed by atoms with Crippen molar-refractivity contribution in [2.24, 2.45) is 0 Å². The van der Waals surface area contributed by atoms with Gasteiger partial charge in [-0.05, 0) is 18.6 Å². The van der Waals surface area contributed by atoms with E-state index >= 15 is 0 Å². The maximum absolute atomic E-state index is 11.6. The number of nitro benzene ring substituents is 1. The molecule has 0 aliphatic rings. The highest BCUT2D eigenvalue weighted by Crippen LogP contribution is 2.37. The number of nitro groups is 1. The molecule has 1 atom stereocenters. The van der Waals surface area contributed by atoms with E-state index in [0.29, 0.717) is 17.2 Å². The van der Waals surface area contributed by atoms with Gasteiger partial charge in [0.05, 0.1) is 9.82 Å². The highest BCUT2D eigenvalue weighted by Gasteiger charge is 2.26. The molecule has 0 bridgehead atoms. The fraction of sp³-hybridized carbons (Fsp3) is 0.455. The zero-order chi connectivity index (χ0) is 14.6. The molecule has 106 valence electrons. The van der Waals surface area contributed by atoms with Crippen LogP contribution in [0.25, 0.3) is 0 Å². The first-order chi connectivity index (χ1) is 8.77. The van der Waals surface area contributed by atoms with Gasteiger partial charge in [0.25, 0.3) is 0 Å². The summed E-state index contributed by atoms with van der Waals surface area (Å²) in [7, 11) is -3.63. The van der Waals surface area contributed by atoms with Crippen molar-refractivity contribution in [1.82, 2.24) is 0 Å². The lowest BCUT2D eigenvalue weighted by molar-refractivity contribution is -0.390. The van der Waals surface area contributed by atoms with Crippen LogP contribution in [-0.4, -0.2) is 30.7 Å². The molecule has 0 saturated carbocycles. The second-order valence-corrected chi connectivity index (χ2v) is 7.88. The molecule has 0 fully saturated rings. The lowest BCUT2D eigenvalue weighted by Crippen LogP contribution is -2.05. The smallest absolute Gasteiger partial charge is 0.258 e. The van der Waals surface area contributed by atoms with Gasteiger partial charge in [0.1, 0.15) is 4.90 Å². The Bertz CT molecular complexity index is 574. The molecule has 0 radical (unpaired) electrons. The number of halogens is 1. The number of para-hydroxylation sites is 1. The van der Waals surface area contributed by atoms with Gasteiger partial charge in [-0.3, -0.25) is 10.1 Å². The van der Waals surface area contributed by atoms with Gasteiger partial charge < -0.3 is 0 Å². The molecular formula is C11H14ClNO4S2. The van der Waals surface area contributed by atoms with Crippen molar-refractivity contribution in [3.63, 3.8) is 0 Å². The van der Waals surface area contributed by atoms with Gasteiger partial charge in [0.2, 0.25) is 0 Å². The third-order valence-electron chi connectivity index (χ3n) is 2.39. The normalized spacial score (nSPS) is 13.2. The zero-order valence-electron chi connectivity index (χ0n) is 10.5. The summed E-state index contributed by atoms with van der Waals surface area (Å²) in [4.78, 5) is 10.6. The molecule has 0 amide bonds. The lowest BCUT2D eigenvalue weighted by Gasteiger charge is -2.11. The van der Waals surface area contributed by atoms with Crippen molar-refractivity contribution in [3.8, 4) is 0 Å². The van der Waals surface area contributed by atoms with Gasteiger partial charge in [-0.25, -0.2) is 8.42 Å². The van der Waals surface area contributed by atoms with Gasteiger partial charge in [0, 0.05) is 17.4 Å². The van der Waals surface area contributed by atoms with Crippen molar-refractivity contribution < 1.29 is 13.3 Å². The van der Waals surface area contributed by atoms with E-state index in [4.69, 9.17) is 11.6 Å². The van der Waals surface area contributed by atoms with Crippen LogP contribution in [-0.2, 0) is 9.84 Å². The van der Waals surface area contributed by atoms with Crippen LogP contribution in [0.4, 0.5) is 5.69 Å². The van der Waals surface area contributed by atoms with Crippen molar-refractivity contribution in [2.75, 3.05) is 12.1 Å². The van der Waals surface area contributed by atoms with Gasteiger partial charge >= 0.3 is 5.69 Å². The summed E-state index contributed by atoms with van der Waals surface area (Å²) in [5.41, 5.74) is -0.351. The summed E-state index contributed by atoms with van der Waals surface area (Å²) < 4.78 is 23.2. The Balaban J connectivity index is 3.29. The lowest BCUT2D eigenvalue weighted by atomic mass is 10.3. The minimum absolute atomic E-state index is 0.0750. The van der Waals surface area contributed by atoms with Gasteiger partial charge in [-0.2, -0.15) is 0 Å². The second kappa shape index (κ2) is 6.58. The topological polar surface area (TPSA) is 77.3 Å². The Hall–Kier alpha value is -0.790. The van der Waals surface area contributed by atoms with Crippen LogP contribution in [0.2, 0.25) is 0 Å². The first-order valence-electron chi connectivity index (χ1n) is 5.47. The average Bonchev–Trinajstić information content (AvgIpc) is 2.27. The van der Waals surface area contributed by atoms with E-state index in [2.05, 4.69) is 0 Å². The Morgan fingerprint density at radius 1 is 1.47 bits per heavy atom. The van der Waals surface area contributed by atoms with E-state index in [1.807, 2.05) is 6.92 Å². The molecule has 19 heavy (non-hydrogen) atoms. The molecule has 0 heterocycles. The molecule has 1 aromatic rings. The van der Waals surface area contributed by atoms with Crippen LogP contribution in [0.1, 0.15) is 13.3 Å². The maximum Gasteiger partial charge on any atom is 0.301 e. The van der Waals surface area contributed by atoms with Crippen LogP contribution >= 0.6 is 23.4 Å². The number of benzene rings is 1. The van der Waals surface area contributed by atoms with E-state index < -0.39 is 14.8 Å². The minimum atomic E-state index is -3.63. The van der Waals surface area contributed by atoms with E-state index in [-0.39, 0.29) is 15.8 Å². The molecule has 8 heteroatoms. The summed E-state index contributed by atoms with van der Waals surface area (Å²) in [5, 5.41) is 11.2. The number of rotatable bonds is 6. The standard InChI is InChI=1S/C11H14ClNO4S2/c1-8(6-7-12)18-9-4-3-5-10(19(2,16)17)11(9)13(14)15/h3-5,8H,6-7H2,1-2H3. The molecule has 1 rings (SSSR count). The second-order valence-electron chi connectivity index (χ2n) is 4.04. The molecule has 0 aliphatic carbocycles. The number of nitrogens with zero attached hydrogens (tertiary/aromatic N) is 1. The summed E-state index contributed by atoms with van der Waals surface area (Å²) >= 11 is 6.89.